The zero-order chi connectivity index (χ0) is 13.4. The van der Waals surface area contributed by atoms with E-state index in [1.54, 1.807) is 0 Å². The average Bonchev–Trinajstić information content (AvgIpc) is 1.95. The van der Waals surface area contributed by atoms with Crippen LogP contribution in [0, 0.1) is 5.92 Å². The van der Waals surface area contributed by atoms with Gasteiger partial charge in [0, 0.05) is 0 Å². The highest BCUT2D eigenvalue weighted by Gasteiger charge is 2.56. The molecule has 4 nitrogen and oxygen atoms in total. The van der Waals surface area contributed by atoms with E-state index in [2.05, 4.69) is 4.18 Å². The van der Waals surface area contributed by atoms with Crippen LogP contribution >= 0.6 is 0 Å². The van der Waals surface area contributed by atoms with Crippen molar-refractivity contribution in [2.75, 3.05) is 0 Å². The monoisotopic (exact) mass is 276 g/mol. The molecule has 1 N–H and O–H groups in total. The summed E-state index contributed by atoms with van der Waals surface area (Å²) >= 11 is 0. The Bertz CT molecular complexity index is 335. The Labute approximate surface area is 86.1 Å². The zero-order valence-corrected chi connectivity index (χ0v) is 8.32. The van der Waals surface area contributed by atoms with Crippen molar-refractivity contribution in [1.29, 1.82) is 0 Å². The maximum Gasteiger partial charge on any atom is 0.402 e. The second-order valence-corrected chi connectivity index (χ2v) is 3.83. The van der Waals surface area contributed by atoms with E-state index in [-0.39, 0.29) is 6.92 Å². The summed E-state index contributed by atoms with van der Waals surface area (Å²) in [6.07, 6.45) is -14.6. The van der Waals surface area contributed by atoms with Crippen LogP contribution in [-0.4, -0.2) is 31.4 Å². The second-order valence-electron chi connectivity index (χ2n) is 2.80. The Morgan fingerprint density at radius 1 is 1.19 bits per heavy atom. The van der Waals surface area contributed by atoms with Gasteiger partial charge in [-0.1, -0.05) is 6.92 Å². The molecule has 0 fully saturated rings. The highest BCUT2D eigenvalue weighted by Crippen LogP contribution is 2.38. The summed E-state index contributed by atoms with van der Waals surface area (Å²) in [5.74, 6) is -3.16. The summed E-state index contributed by atoms with van der Waals surface area (Å²) in [4.78, 5) is 0. The predicted molar refractivity (Wildman–Crippen MR) is 37.7 cm³/mol. The number of alkyl halides is 6. The van der Waals surface area contributed by atoms with E-state index in [0.717, 1.165) is 0 Å². The van der Waals surface area contributed by atoms with Gasteiger partial charge in [0.05, 0.1) is 5.92 Å². The van der Waals surface area contributed by atoms with Crippen LogP contribution in [0.15, 0.2) is 0 Å². The molecule has 0 saturated heterocycles. The minimum absolute atomic E-state index is 0.0753. The molecule has 0 aromatic rings. The standard InChI is InChI=1S/C5H6F6O4S/c1-2(4(7,8)9)3(6)5(10,11)15-16(12,13)14/h2-3H,1H3,(H,12,13,14). The van der Waals surface area contributed by atoms with Gasteiger partial charge in [0.2, 0.25) is 6.17 Å². The molecule has 11 heteroatoms. The minimum Gasteiger partial charge on any atom is -0.263 e. The van der Waals surface area contributed by atoms with Crippen LogP contribution in [0.25, 0.3) is 0 Å². The number of rotatable bonds is 4. The van der Waals surface area contributed by atoms with Crippen LogP contribution in [0.3, 0.4) is 0 Å². The summed E-state index contributed by atoms with van der Waals surface area (Å²) in [5.41, 5.74) is 0. The predicted octanol–water partition coefficient (Wildman–Crippen LogP) is 1.94. The number of hydrogen-bond acceptors (Lipinski definition) is 3. The van der Waals surface area contributed by atoms with Crippen molar-refractivity contribution in [1.82, 2.24) is 0 Å². The van der Waals surface area contributed by atoms with Crippen molar-refractivity contribution in [3.05, 3.63) is 0 Å². The van der Waals surface area contributed by atoms with Gasteiger partial charge in [0.15, 0.2) is 0 Å². The van der Waals surface area contributed by atoms with Gasteiger partial charge in [-0.05, 0) is 0 Å². The molecule has 0 bridgehead atoms. The molecule has 0 spiro atoms. The molecular weight excluding hydrogens is 270 g/mol. The molecule has 0 amide bonds. The van der Waals surface area contributed by atoms with Gasteiger partial charge in [-0.2, -0.15) is 34.6 Å². The maximum absolute atomic E-state index is 12.6. The van der Waals surface area contributed by atoms with Crippen LogP contribution in [0.5, 0.6) is 0 Å². The van der Waals surface area contributed by atoms with Gasteiger partial charge < -0.3 is 0 Å². The van der Waals surface area contributed by atoms with Crippen molar-refractivity contribution >= 4 is 10.4 Å². The summed E-state index contributed by atoms with van der Waals surface area (Å²) < 4.78 is 103. The largest absolute Gasteiger partial charge is 0.402 e. The first-order valence-corrected chi connectivity index (χ1v) is 4.90. The van der Waals surface area contributed by atoms with Crippen molar-refractivity contribution in [3.8, 4) is 0 Å². The Balaban J connectivity index is 4.90. The summed E-state index contributed by atoms with van der Waals surface area (Å²) in [7, 11) is -5.76. The Morgan fingerprint density at radius 3 is 1.81 bits per heavy atom. The van der Waals surface area contributed by atoms with Crippen molar-refractivity contribution in [3.63, 3.8) is 0 Å². The molecule has 0 aliphatic rings. The molecule has 98 valence electrons. The van der Waals surface area contributed by atoms with Crippen LogP contribution < -0.4 is 0 Å². The quantitative estimate of drug-likeness (QED) is 0.629. The van der Waals surface area contributed by atoms with Crippen LogP contribution in [0.4, 0.5) is 26.3 Å². The van der Waals surface area contributed by atoms with E-state index in [1.165, 1.54) is 0 Å². The topological polar surface area (TPSA) is 63.6 Å². The lowest BCUT2D eigenvalue weighted by molar-refractivity contribution is -0.272. The Kier molecular flexibility index (Phi) is 4.22. The van der Waals surface area contributed by atoms with Crippen LogP contribution in [-0.2, 0) is 14.6 Å². The first-order valence-electron chi connectivity index (χ1n) is 3.54. The van der Waals surface area contributed by atoms with E-state index in [9.17, 15) is 34.8 Å². The minimum atomic E-state index is -5.76. The molecular formula is C5H6F6O4S. The molecule has 0 aliphatic heterocycles. The number of halogens is 6. The molecule has 0 aliphatic carbocycles. The van der Waals surface area contributed by atoms with Gasteiger partial charge in [-0.3, -0.25) is 4.55 Å². The summed E-state index contributed by atoms with van der Waals surface area (Å²) in [5, 5.41) is 0. The molecule has 0 aromatic carbocycles. The van der Waals surface area contributed by atoms with Crippen molar-refractivity contribution in [2.45, 2.75) is 25.4 Å². The first-order chi connectivity index (χ1) is 6.77. The summed E-state index contributed by atoms with van der Waals surface area (Å²) in [6.45, 7) is 0.0753. The lowest BCUT2D eigenvalue weighted by atomic mass is 10.1. The second kappa shape index (κ2) is 4.37. The zero-order valence-electron chi connectivity index (χ0n) is 7.50. The highest BCUT2D eigenvalue weighted by atomic mass is 32.3. The third-order valence-electron chi connectivity index (χ3n) is 1.49. The fourth-order valence-electron chi connectivity index (χ4n) is 0.643. The number of hydrogen-bond donors (Lipinski definition) is 1. The van der Waals surface area contributed by atoms with E-state index in [1.807, 2.05) is 0 Å². The maximum atomic E-state index is 12.6. The van der Waals surface area contributed by atoms with Gasteiger partial charge in [-0.25, -0.2) is 4.39 Å². The van der Waals surface area contributed by atoms with E-state index < -0.39 is 34.8 Å². The lowest BCUT2D eigenvalue weighted by Gasteiger charge is -2.24. The molecule has 0 aromatic heterocycles. The smallest absolute Gasteiger partial charge is 0.263 e. The SMILES string of the molecule is CC(C(F)C(F)(F)OS(=O)(=O)O)C(F)(F)F. The highest BCUT2D eigenvalue weighted by molar-refractivity contribution is 7.80. The van der Waals surface area contributed by atoms with Gasteiger partial charge in [0.1, 0.15) is 0 Å². The molecule has 0 radical (unpaired) electrons. The van der Waals surface area contributed by atoms with Crippen LogP contribution in [0.1, 0.15) is 6.92 Å². The van der Waals surface area contributed by atoms with E-state index in [4.69, 9.17) is 4.55 Å². The molecule has 16 heavy (non-hydrogen) atoms. The van der Waals surface area contributed by atoms with Crippen molar-refractivity contribution in [2.24, 2.45) is 5.92 Å². The van der Waals surface area contributed by atoms with Crippen molar-refractivity contribution < 1.29 is 43.5 Å². The van der Waals surface area contributed by atoms with Gasteiger partial charge in [0.25, 0.3) is 0 Å². The third-order valence-corrected chi connectivity index (χ3v) is 1.93. The van der Waals surface area contributed by atoms with E-state index in [0.29, 0.717) is 0 Å². The molecule has 2 unspecified atom stereocenters. The van der Waals surface area contributed by atoms with E-state index >= 15 is 0 Å². The molecule has 0 saturated carbocycles. The van der Waals surface area contributed by atoms with Gasteiger partial charge in [-0.15, -0.1) is 0 Å². The lowest BCUT2D eigenvalue weighted by Crippen LogP contribution is -2.44. The Morgan fingerprint density at radius 2 is 1.56 bits per heavy atom. The fraction of sp³-hybridized carbons (Fsp3) is 1.00. The fourth-order valence-corrected chi connectivity index (χ4v) is 1.02. The molecule has 2 atom stereocenters. The molecule has 0 heterocycles. The average molecular weight is 276 g/mol. The summed E-state index contributed by atoms with van der Waals surface area (Å²) in [6, 6.07) is 0. The third kappa shape index (κ3) is 4.53. The normalized spacial score (nSPS) is 18.2. The Hall–Kier alpha value is -0.550. The van der Waals surface area contributed by atoms with Gasteiger partial charge >= 0.3 is 22.7 Å². The van der Waals surface area contributed by atoms with Crippen LogP contribution in [0.2, 0.25) is 0 Å². The first kappa shape index (κ1) is 15.4. The molecule has 0 rings (SSSR count).